The summed E-state index contributed by atoms with van der Waals surface area (Å²) < 4.78 is 37.4. The van der Waals surface area contributed by atoms with Crippen LogP contribution in [0.1, 0.15) is 32.8 Å². The summed E-state index contributed by atoms with van der Waals surface area (Å²) in [4.78, 5) is 3.89. The van der Waals surface area contributed by atoms with Crippen LogP contribution >= 0.6 is 0 Å². The van der Waals surface area contributed by atoms with Gasteiger partial charge in [0.15, 0.2) is 0 Å². The quantitative estimate of drug-likeness (QED) is 0.870. The van der Waals surface area contributed by atoms with E-state index >= 15 is 0 Å². The van der Waals surface area contributed by atoms with Crippen LogP contribution in [-0.4, -0.2) is 11.0 Å². The number of nitrogens with one attached hydrogen (secondary N) is 1. The standard InChI is InChI=1S/C12H17F3N2/c1-8(2)6-9(3)17-11-7-10(4-5-16-11)12(13,14)15/h4-5,7-9H,6H2,1-3H3,(H,16,17). The number of pyridine rings is 1. The average molecular weight is 246 g/mol. The first-order valence-electron chi connectivity index (χ1n) is 5.59. The molecule has 0 radical (unpaired) electrons. The first kappa shape index (κ1) is 13.8. The van der Waals surface area contributed by atoms with Gasteiger partial charge in [-0.05, 0) is 31.4 Å². The minimum Gasteiger partial charge on any atom is -0.368 e. The predicted octanol–water partition coefficient (Wildman–Crippen LogP) is 3.95. The monoisotopic (exact) mass is 246 g/mol. The van der Waals surface area contributed by atoms with Gasteiger partial charge >= 0.3 is 6.18 Å². The van der Waals surface area contributed by atoms with Crippen LogP contribution < -0.4 is 5.32 Å². The molecule has 1 rings (SSSR count). The van der Waals surface area contributed by atoms with Crippen LogP contribution in [0, 0.1) is 5.92 Å². The second-order valence-corrected chi connectivity index (χ2v) is 4.60. The van der Waals surface area contributed by atoms with Crippen molar-refractivity contribution in [3.05, 3.63) is 23.9 Å². The highest BCUT2D eigenvalue weighted by atomic mass is 19.4. The molecule has 1 heterocycles. The zero-order valence-electron chi connectivity index (χ0n) is 10.2. The Morgan fingerprint density at radius 2 is 1.94 bits per heavy atom. The molecule has 0 amide bonds. The van der Waals surface area contributed by atoms with Crippen LogP contribution in [0.2, 0.25) is 0 Å². The summed E-state index contributed by atoms with van der Waals surface area (Å²) in [7, 11) is 0. The molecule has 0 spiro atoms. The zero-order valence-corrected chi connectivity index (χ0v) is 10.2. The number of hydrogen-bond donors (Lipinski definition) is 1. The number of aromatic nitrogens is 1. The van der Waals surface area contributed by atoms with E-state index in [1.807, 2.05) is 6.92 Å². The van der Waals surface area contributed by atoms with Gasteiger partial charge < -0.3 is 5.32 Å². The van der Waals surface area contributed by atoms with E-state index in [0.29, 0.717) is 5.92 Å². The lowest BCUT2D eigenvalue weighted by atomic mass is 10.1. The number of hydrogen-bond acceptors (Lipinski definition) is 2. The molecule has 1 atom stereocenters. The van der Waals surface area contributed by atoms with Crippen molar-refractivity contribution in [2.75, 3.05) is 5.32 Å². The van der Waals surface area contributed by atoms with Crippen LogP contribution in [0.3, 0.4) is 0 Å². The maximum absolute atomic E-state index is 12.5. The Labute approximate surface area is 99.3 Å². The van der Waals surface area contributed by atoms with Gasteiger partial charge in [0, 0.05) is 12.2 Å². The smallest absolute Gasteiger partial charge is 0.368 e. The fraction of sp³-hybridized carbons (Fsp3) is 0.583. The summed E-state index contributed by atoms with van der Waals surface area (Å²) in [5.74, 6) is 0.760. The lowest BCUT2D eigenvalue weighted by molar-refractivity contribution is -0.137. The van der Waals surface area contributed by atoms with E-state index in [4.69, 9.17) is 0 Å². The van der Waals surface area contributed by atoms with E-state index in [-0.39, 0.29) is 11.9 Å². The maximum atomic E-state index is 12.5. The summed E-state index contributed by atoms with van der Waals surface area (Å²) in [5.41, 5.74) is -0.674. The minimum atomic E-state index is -4.32. The molecular formula is C12H17F3N2. The van der Waals surface area contributed by atoms with Crippen molar-refractivity contribution in [2.24, 2.45) is 5.92 Å². The van der Waals surface area contributed by atoms with Gasteiger partial charge in [-0.1, -0.05) is 13.8 Å². The first-order valence-corrected chi connectivity index (χ1v) is 5.59. The largest absolute Gasteiger partial charge is 0.416 e. The van der Waals surface area contributed by atoms with Crippen LogP contribution in [-0.2, 0) is 6.18 Å². The molecule has 0 saturated heterocycles. The van der Waals surface area contributed by atoms with Gasteiger partial charge in [-0.3, -0.25) is 0 Å². The molecule has 0 fully saturated rings. The van der Waals surface area contributed by atoms with Crippen molar-refractivity contribution >= 4 is 5.82 Å². The molecule has 5 heteroatoms. The number of alkyl halides is 3. The predicted molar refractivity (Wildman–Crippen MR) is 61.8 cm³/mol. The van der Waals surface area contributed by atoms with Crippen molar-refractivity contribution in [2.45, 2.75) is 39.4 Å². The molecule has 1 N–H and O–H groups in total. The molecule has 0 aliphatic rings. The second-order valence-electron chi connectivity index (χ2n) is 4.60. The third-order valence-corrected chi connectivity index (χ3v) is 2.31. The molecule has 0 aliphatic heterocycles. The molecule has 1 unspecified atom stereocenters. The van der Waals surface area contributed by atoms with Gasteiger partial charge in [-0.25, -0.2) is 4.98 Å². The van der Waals surface area contributed by atoms with Gasteiger partial charge in [0.2, 0.25) is 0 Å². The van der Waals surface area contributed by atoms with Gasteiger partial charge in [-0.15, -0.1) is 0 Å². The fourth-order valence-electron chi connectivity index (χ4n) is 1.70. The van der Waals surface area contributed by atoms with Crippen molar-refractivity contribution in [1.29, 1.82) is 0 Å². The molecule has 0 bridgehead atoms. The Bertz CT molecular complexity index is 361. The Morgan fingerprint density at radius 1 is 1.29 bits per heavy atom. The third-order valence-electron chi connectivity index (χ3n) is 2.31. The highest BCUT2D eigenvalue weighted by molar-refractivity contribution is 5.39. The number of rotatable bonds is 4. The summed E-state index contributed by atoms with van der Waals surface area (Å²) in [6, 6.07) is 2.11. The third kappa shape index (κ3) is 4.63. The Hall–Kier alpha value is -1.26. The van der Waals surface area contributed by atoms with Gasteiger partial charge in [-0.2, -0.15) is 13.2 Å². The molecule has 0 aliphatic carbocycles. The highest BCUT2D eigenvalue weighted by Gasteiger charge is 2.30. The highest BCUT2D eigenvalue weighted by Crippen LogP contribution is 2.30. The average Bonchev–Trinajstić information content (AvgIpc) is 2.15. The van der Waals surface area contributed by atoms with Crippen LogP contribution in [0.4, 0.5) is 19.0 Å². The number of anilines is 1. The molecule has 17 heavy (non-hydrogen) atoms. The van der Waals surface area contributed by atoms with E-state index in [1.54, 1.807) is 0 Å². The van der Waals surface area contributed by atoms with Crippen LogP contribution in [0.25, 0.3) is 0 Å². The second kappa shape index (κ2) is 5.38. The van der Waals surface area contributed by atoms with Crippen molar-refractivity contribution in [1.82, 2.24) is 4.98 Å². The molecule has 1 aromatic rings. The SMILES string of the molecule is CC(C)CC(C)Nc1cc(C(F)(F)F)ccn1. The Kier molecular flexibility index (Phi) is 4.37. The molecule has 0 saturated carbocycles. The summed E-state index contributed by atoms with van der Waals surface area (Å²) in [5, 5.41) is 2.97. The van der Waals surface area contributed by atoms with Crippen LogP contribution in [0.5, 0.6) is 0 Å². The summed E-state index contributed by atoms with van der Waals surface area (Å²) in [6.07, 6.45) is -2.26. The topological polar surface area (TPSA) is 24.9 Å². The van der Waals surface area contributed by atoms with E-state index in [1.165, 1.54) is 6.20 Å². The number of nitrogens with zero attached hydrogens (tertiary/aromatic N) is 1. The van der Waals surface area contributed by atoms with Gasteiger partial charge in [0.05, 0.1) is 5.56 Å². The maximum Gasteiger partial charge on any atom is 0.416 e. The zero-order chi connectivity index (χ0) is 13.1. The van der Waals surface area contributed by atoms with E-state index in [0.717, 1.165) is 18.6 Å². The van der Waals surface area contributed by atoms with Crippen molar-refractivity contribution in [3.63, 3.8) is 0 Å². The minimum absolute atomic E-state index is 0.103. The van der Waals surface area contributed by atoms with E-state index in [9.17, 15) is 13.2 Å². The van der Waals surface area contributed by atoms with Gasteiger partial charge in [0.25, 0.3) is 0 Å². The lowest BCUT2D eigenvalue weighted by Gasteiger charge is -2.17. The van der Waals surface area contributed by atoms with Gasteiger partial charge in [0.1, 0.15) is 5.82 Å². The summed E-state index contributed by atoms with van der Waals surface area (Å²) in [6.45, 7) is 6.07. The molecule has 0 aromatic carbocycles. The molecule has 1 aromatic heterocycles. The van der Waals surface area contributed by atoms with Crippen molar-refractivity contribution in [3.8, 4) is 0 Å². The van der Waals surface area contributed by atoms with E-state index in [2.05, 4.69) is 24.1 Å². The Balaban J connectivity index is 2.72. The first-order chi connectivity index (χ1) is 7.79. The van der Waals surface area contributed by atoms with E-state index < -0.39 is 11.7 Å². The van der Waals surface area contributed by atoms with Crippen molar-refractivity contribution < 1.29 is 13.2 Å². The molecule has 96 valence electrons. The summed E-state index contributed by atoms with van der Waals surface area (Å²) >= 11 is 0. The fourth-order valence-corrected chi connectivity index (χ4v) is 1.70. The lowest BCUT2D eigenvalue weighted by Crippen LogP contribution is -2.18. The number of halogens is 3. The van der Waals surface area contributed by atoms with Crippen LogP contribution in [0.15, 0.2) is 18.3 Å². The Morgan fingerprint density at radius 3 is 2.47 bits per heavy atom. The molecule has 2 nitrogen and oxygen atoms in total. The molecular weight excluding hydrogens is 229 g/mol. The normalized spacial score (nSPS) is 13.8.